The molecule has 0 aliphatic rings. The van der Waals surface area contributed by atoms with Gasteiger partial charge >= 0.3 is 0 Å². The summed E-state index contributed by atoms with van der Waals surface area (Å²) in [6, 6.07) is 0. The van der Waals surface area contributed by atoms with Gasteiger partial charge in [0, 0.05) is 54.6 Å². The van der Waals surface area contributed by atoms with Crippen LogP contribution >= 0.6 is 0 Å². The number of aromatic hydroxyl groups is 22. The minimum atomic E-state index is -1.69. The van der Waals surface area contributed by atoms with Crippen LogP contribution in [-0.2, 0) is 0 Å². The Balaban J connectivity index is 1.84. The number of benzene rings is 7. The van der Waals surface area contributed by atoms with Crippen LogP contribution in [-0.4, -0.2) is 112 Å². The number of phenols is 22. The van der Waals surface area contributed by atoms with E-state index in [-0.39, 0.29) is 0 Å². The van der Waals surface area contributed by atoms with Crippen molar-refractivity contribution in [2.75, 3.05) is 0 Å². The normalized spacial score (nSPS) is 11.9. The summed E-state index contributed by atoms with van der Waals surface area (Å²) in [6.07, 6.45) is 0. The number of hydrogen-bond donors (Lipinski definition) is 22. The van der Waals surface area contributed by atoms with Crippen LogP contribution in [0.4, 0.5) is 0 Å². The van der Waals surface area contributed by atoms with E-state index in [4.69, 9.17) is 4.42 Å². The van der Waals surface area contributed by atoms with Crippen LogP contribution < -0.4 is 0 Å². The first kappa shape index (κ1) is 36.7. The molecule has 1 aromatic heterocycles. The fourth-order valence-electron chi connectivity index (χ4n) is 7.38. The van der Waals surface area contributed by atoms with Gasteiger partial charge in [0.2, 0.25) is 69.0 Å². The van der Waals surface area contributed by atoms with Crippen LogP contribution in [0.1, 0.15) is 0 Å². The second-order valence-electron chi connectivity index (χ2n) is 12.9. The predicted molar refractivity (Wildman–Crippen MR) is 194 cm³/mol. The molecular formula is C36H22O23. The summed E-state index contributed by atoms with van der Waals surface area (Å²) in [5.74, 6) is -34.9. The maximum Gasteiger partial charge on any atom is 0.208 e. The molecule has 0 amide bonds. The topological polar surface area (TPSA) is 458 Å². The number of phenolic OH excluding ortho intramolecular Hbond substituents is 22. The molecule has 0 bridgehead atoms. The maximum absolute atomic E-state index is 11.6. The van der Waals surface area contributed by atoms with E-state index in [1.54, 1.807) is 0 Å². The largest absolute Gasteiger partial charge is 0.504 e. The van der Waals surface area contributed by atoms with Gasteiger partial charge in [0.25, 0.3) is 0 Å². The second kappa shape index (κ2) is 11.2. The third kappa shape index (κ3) is 4.02. The minimum absolute atomic E-state index is 0.986. The Morgan fingerprint density at radius 1 is 0.153 bits per heavy atom. The molecule has 0 atom stereocenters. The highest BCUT2D eigenvalue weighted by Crippen LogP contribution is 2.68. The van der Waals surface area contributed by atoms with Crippen LogP contribution in [0.15, 0.2) is 4.42 Å². The number of furan rings is 1. The molecule has 8 rings (SSSR count). The third-order valence-corrected chi connectivity index (χ3v) is 10.0. The number of fused-ring (bicyclic) bond motifs is 6. The molecule has 0 aliphatic heterocycles. The van der Waals surface area contributed by atoms with Crippen molar-refractivity contribution in [2.45, 2.75) is 0 Å². The zero-order valence-electron chi connectivity index (χ0n) is 28.2. The van der Waals surface area contributed by atoms with Crippen LogP contribution in [0.2, 0.25) is 0 Å². The van der Waals surface area contributed by atoms with Crippen molar-refractivity contribution < 1.29 is 117 Å². The highest BCUT2D eigenvalue weighted by molar-refractivity contribution is 6.35. The van der Waals surface area contributed by atoms with Gasteiger partial charge in [0.1, 0.15) is 0 Å². The predicted octanol–water partition coefficient (Wildman–Crippen LogP) is 3.90. The van der Waals surface area contributed by atoms with Gasteiger partial charge < -0.3 is 117 Å². The summed E-state index contributed by atoms with van der Waals surface area (Å²) in [4.78, 5) is 0. The monoisotopic (exact) mass is 822 g/mol. The Labute approximate surface area is 319 Å². The second-order valence-corrected chi connectivity index (χ2v) is 12.9. The fourth-order valence-corrected chi connectivity index (χ4v) is 7.38. The molecule has 1 heterocycles. The van der Waals surface area contributed by atoms with Crippen molar-refractivity contribution >= 4 is 54.3 Å². The zero-order chi connectivity index (χ0) is 43.5. The molecule has 8 aromatic rings. The van der Waals surface area contributed by atoms with Crippen LogP contribution in [0.5, 0.6) is 126 Å². The first-order valence-electron chi connectivity index (χ1n) is 15.8. The van der Waals surface area contributed by atoms with E-state index in [9.17, 15) is 112 Å². The van der Waals surface area contributed by atoms with E-state index in [0.29, 0.717) is 0 Å². The summed E-state index contributed by atoms with van der Waals surface area (Å²) in [5, 5.41) is 232. The van der Waals surface area contributed by atoms with E-state index >= 15 is 0 Å². The Kier molecular flexibility index (Phi) is 6.94. The van der Waals surface area contributed by atoms with Crippen molar-refractivity contribution in [3.63, 3.8) is 0 Å². The van der Waals surface area contributed by atoms with Gasteiger partial charge in [-0.15, -0.1) is 0 Å². The molecule has 304 valence electrons. The quantitative estimate of drug-likeness (QED) is 0.0667. The van der Waals surface area contributed by atoms with Gasteiger partial charge in [-0.1, -0.05) is 0 Å². The highest BCUT2D eigenvalue weighted by Gasteiger charge is 2.39. The first-order chi connectivity index (χ1) is 27.5. The molecule has 59 heavy (non-hydrogen) atoms. The van der Waals surface area contributed by atoms with E-state index in [0.717, 1.165) is 0 Å². The Morgan fingerprint density at radius 2 is 0.356 bits per heavy atom. The van der Waals surface area contributed by atoms with Crippen LogP contribution in [0.3, 0.4) is 0 Å². The minimum Gasteiger partial charge on any atom is -0.504 e. The Hall–Kier alpha value is -9.28. The molecule has 0 spiro atoms. The molecule has 0 fully saturated rings. The summed E-state index contributed by atoms with van der Waals surface area (Å²) in [5.41, 5.74) is -7.21. The van der Waals surface area contributed by atoms with Gasteiger partial charge in [-0.2, -0.15) is 0 Å². The lowest BCUT2D eigenvalue weighted by atomic mass is 9.80. The molecule has 0 unspecified atom stereocenters. The zero-order valence-corrected chi connectivity index (χ0v) is 28.2. The molecule has 0 saturated carbocycles. The van der Waals surface area contributed by atoms with Crippen molar-refractivity contribution in [1.82, 2.24) is 0 Å². The molecule has 0 saturated heterocycles. The summed E-state index contributed by atoms with van der Waals surface area (Å²) >= 11 is 0. The van der Waals surface area contributed by atoms with Crippen molar-refractivity contribution in [3.8, 4) is 149 Å². The smallest absolute Gasteiger partial charge is 0.208 e. The standard InChI is InChI=1S/C36H22O23/c37-13-7(9-11(20(44)23(13)47)21(45)29(53)28(52)19(9)43)1-3-5(16(40)26(50)24(48)14(3)38)2(6-4(1)15(39)25(49)27(51)17(6)41)8-10-12-22(46)30(54)32(56)34(58)36(12)59-35(10)33(57)31(55)18(8)42/h37-58H. The van der Waals surface area contributed by atoms with E-state index in [1.807, 2.05) is 0 Å². The Bertz CT molecular complexity index is 3260. The Morgan fingerprint density at radius 3 is 0.695 bits per heavy atom. The molecule has 0 radical (unpaired) electrons. The molecular weight excluding hydrogens is 800 g/mol. The molecule has 0 aliphatic carbocycles. The fraction of sp³-hybridized carbons (Fsp3) is 0. The summed E-state index contributed by atoms with van der Waals surface area (Å²) in [7, 11) is 0. The molecule has 23 heteroatoms. The SMILES string of the molecule is Oc1c(O)c(O)c2c(oc3c(O)c(O)c(O)c(-c4c5c(O)c(O)c(O)c(O)c5c(-c5c(O)c(O)c(O)c6c(O)c(O)c(O)c(O)c56)c5c(O)c(O)c(O)c(O)c45)c32)c1O. The highest BCUT2D eigenvalue weighted by atomic mass is 16.4. The van der Waals surface area contributed by atoms with E-state index in [2.05, 4.69) is 0 Å². The number of rotatable bonds is 2. The van der Waals surface area contributed by atoms with Crippen molar-refractivity contribution in [2.24, 2.45) is 0 Å². The van der Waals surface area contributed by atoms with Crippen LogP contribution in [0.25, 0.3) is 76.5 Å². The third-order valence-electron chi connectivity index (χ3n) is 10.0. The van der Waals surface area contributed by atoms with Gasteiger partial charge in [-0.25, -0.2) is 0 Å². The van der Waals surface area contributed by atoms with Gasteiger partial charge in [0.05, 0.1) is 10.8 Å². The molecule has 22 N–H and O–H groups in total. The summed E-state index contributed by atoms with van der Waals surface area (Å²) < 4.78 is 5.39. The molecule has 23 nitrogen and oxygen atoms in total. The van der Waals surface area contributed by atoms with Gasteiger partial charge in [-0.05, 0) is 0 Å². The number of hydrogen-bond acceptors (Lipinski definition) is 23. The first-order valence-corrected chi connectivity index (χ1v) is 15.8. The van der Waals surface area contributed by atoms with Gasteiger partial charge in [-0.3, -0.25) is 0 Å². The van der Waals surface area contributed by atoms with Gasteiger partial charge in [0.15, 0.2) is 68.7 Å². The summed E-state index contributed by atoms with van der Waals surface area (Å²) in [6.45, 7) is 0. The average Bonchev–Trinajstić information content (AvgIpc) is 3.61. The van der Waals surface area contributed by atoms with Crippen molar-refractivity contribution in [3.05, 3.63) is 0 Å². The average molecular weight is 823 g/mol. The van der Waals surface area contributed by atoms with Crippen LogP contribution in [0, 0.1) is 0 Å². The lowest BCUT2D eigenvalue weighted by molar-refractivity contribution is 0.347. The lowest BCUT2D eigenvalue weighted by Gasteiger charge is -2.25. The molecule has 7 aromatic carbocycles. The van der Waals surface area contributed by atoms with E-state index in [1.165, 1.54) is 0 Å². The lowest BCUT2D eigenvalue weighted by Crippen LogP contribution is -1.97. The van der Waals surface area contributed by atoms with Crippen molar-refractivity contribution in [1.29, 1.82) is 0 Å². The van der Waals surface area contributed by atoms with E-state index < -0.39 is 203 Å². The maximum atomic E-state index is 11.6.